The summed E-state index contributed by atoms with van der Waals surface area (Å²) in [5.74, 6) is 0.933. The van der Waals surface area contributed by atoms with E-state index in [1.54, 1.807) is 30.3 Å². The maximum atomic E-state index is 13.9. The lowest BCUT2D eigenvalue weighted by Crippen LogP contribution is -2.39. The van der Waals surface area contributed by atoms with Crippen molar-refractivity contribution in [3.63, 3.8) is 0 Å². The molecular weight excluding hydrogens is 594 g/mol. The number of carbonyl (C=O) groups excluding carboxylic acids is 1. The van der Waals surface area contributed by atoms with Crippen LogP contribution >= 0.6 is 15.9 Å². The van der Waals surface area contributed by atoms with Gasteiger partial charge < -0.3 is 23.7 Å². The van der Waals surface area contributed by atoms with Crippen LogP contribution in [0, 0.1) is 0 Å². The molecular formula is C26H28BrN3O8S. The number of anilines is 1. The number of sulfonamides is 1. The predicted molar refractivity (Wildman–Crippen MR) is 150 cm³/mol. The van der Waals surface area contributed by atoms with Gasteiger partial charge in [0.15, 0.2) is 11.5 Å². The van der Waals surface area contributed by atoms with E-state index in [2.05, 4.69) is 26.5 Å². The van der Waals surface area contributed by atoms with Crippen LogP contribution in [0.15, 0.2) is 69.1 Å². The highest BCUT2D eigenvalue weighted by atomic mass is 79.9. The summed E-state index contributed by atoms with van der Waals surface area (Å²) in [6, 6.07) is 14.0. The molecule has 11 nitrogen and oxygen atoms in total. The summed E-state index contributed by atoms with van der Waals surface area (Å²) in [7, 11) is 2.84. The van der Waals surface area contributed by atoms with Crippen molar-refractivity contribution in [2.24, 2.45) is 5.10 Å². The van der Waals surface area contributed by atoms with E-state index in [-0.39, 0.29) is 22.1 Å². The van der Waals surface area contributed by atoms with Crippen molar-refractivity contribution in [1.29, 1.82) is 0 Å². The summed E-state index contributed by atoms with van der Waals surface area (Å²) in [5, 5.41) is 3.98. The molecule has 39 heavy (non-hydrogen) atoms. The van der Waals surface area contributed by atoms with Crippen LogP contribution in [0.2, 0.25) is 0 Å². The average molecular weight is 622 g/mol. The molecule has 1 N–H and O–H groups in total. The molecule has 0 fully saturated rings. The summed E-state index contributed by atoms with van der Waals surface area (Å²) in [6.07, 6.45) is 1.39. The van der Waals surface area contributed by atoms with E-state index >= 15 is 0 Å². The second-order valence-electron chi connectivity index (χ2n) is 7.75. The van der Waals surface area contributed by atoms with Crippen molar-refractivity contribution in [2.45, 2.75) is 4.90 Å². The number of hydrogen-bond acceptors (Lipinski definition) is 9. The van der Waals surface area contributed by atoms with E-state index in [4.69, 9.17) is 23.7 Å². The fourth-order valence-electron chi connectivity index (χ4n) is 3.54. The lowest BCUT2D eigenvalue weighted by Gasteiger charge is -2.26. The number of methoxy groups -OCH3 is 5. The number of amides is 1. The maximum absolute atomic E-state index is 13.9. The molecule has 0 aromatic heterocycles. The Hall–Kier alpha value is -3.97. The van der Waals surface area contributed by atoms with Gasteiger partial charge in [0.25, 0.3) is 15.9 Å². The molecule has 0 saturated heterocycles. The van der Waals surface area contributed by atoms with E-state index in [1.165, 1.54) is 66.0 Å². The van der Waals surface area contributed by atoms with Crippen LogP contribution in [0.3, 0.4) is 0 Å². The Bertz CT molecular complexity index is 1460. The monoisotopic (exact) mass is 621 g/mol. The van der Waals surface area contributed by atoms with Crippen LogP contribution < -0.4 is 33.4 Å². The van der Waals surface area contributed by atoms with E-state index in [0.29, 0.717) is 22.8 Å². The predicted octanol–water partition coefficient (Wildman–Crippen LogP) is 3.84. The quantitative estimate of drug-likeness (QED) is 0.239. The van der Waals surface area contributed by atoms with Gasteiger partial charge in [0.1, 0.15) is 23.8 Å². The number of ether oxygens (including phenoxy) is 5. The van der Waals surface area contributed by atoms with Crippen LogP contribution in [0.1, 0.15) is 5.56 Å². The number of rotatable bonds is 12. The Morgan fingerprint density at radius 3 is 2.13 bits per heavy atom. The molecule has 0 radical (unpaired) electrons. The van der Waals surface area contributed by atoms with E-state index in [0.717, 1.165) is 8.78 Å². The van der Waals surface area contributed by atoms with Crippen LogP contribution in [0.5, 0.6) is 28.7 Å². The van der Waals surface area contributed by atoms with Gasteiger partial charge in [-0.25, -0.2) is 13.8 Å². The summed E-state index contributed by atoms with van der Waals surface area (Å²) in [4.78, 5) is 12.9. The lowest BCUT2D eigenvalue weighted by atomic mass is 10.2. The first kappa shape index (κ1) is 29.6. The molecule has 0 spiro atoms. The van der Waals surface area contributed by atoms with Crippen LogP contribution in [0.4, 0.5) is 5.69 Å². The first-order valence-corrected chi connectivity index (χ1v) is 13.5. The molecule has 3 aromatic carbocycles. The normalized spacial score (nSPS) is 11.1. The topological polar surface area (TPSA) is 125 Å². The van der Waals surface area contributed by atoms with Crippen molar-refractivity contribution in [2.75, 3.05) is 46.4 Å². The number of nitrogens with one attached hydrogen (secondary N) is 1. The van der Waals surface area contributed by atoms with Crippen LogP contribution in [0.25, 0.3) is 0 Å². The van der Waals surface area contributed by atoms with Crippen LogP contribution in [-0.4, -0.2) is 62.6 Å². The Morgan fingerprint density at radius 1 is 0.846 bits per heavy atom. The average Bonchev–Trinajstić information content (AvgIpc) is 2.95. The standard InChI is InChI=1S/C26H28BrN3O8S/c1-34-19-7-10-23(36-3)21(13-19)30(39(32,33)20-8-11-24(37-4)25(14-20)38-5)16-26(31)29-28-15-17-12-18(27)6-9-22(17)35-2/h6-15H,16H2,1-5H3,(H,29,31)/b28-15-. The van der Waals surface area contributed by atoms with Gasteiger partial charge in [0.2, 0.25) is 0 Å². The number of hydrazone groups is 1. The second kappa shape index (κ2) is 13.2. The molecule has 0 aliphatic carbocycles. The minimum Gasteiger partial charge on any atom is -0.497 e. The zero-order chi connectivity index (χ0) is 28.6. The lowest BCUT2D eigenvalue weighted by molar-refractivity contribution is -0.119. The van der Waals surface area contributed by atoms with E-state index < -0.39 is 22.5 Å². The maximum Gasteiger partial charge on any atom is 0.265 e. The SMILES string of the molecule is COc1ccc(OC)c(N(CC(=O)N/N=C\c2cc(Br)ccc2OC)S(=O)(=O)c2ccc(OC)c(OC)c2)c1. The summed E-state index contributed by atoms with van der Waals surface area (Å²) in [5.41, 5.74) is 3.05. The number of halogens is 1. The zero-order valence-corrected chi connectivity index (χ0v) is 24.3. The Morgan fingerprint density at radius 2 is 1.49 bits per heavy atom. The summed E-state index contributed by atoms with van der Waals surface area (Å²) < 4.78 is 56.0. The molecule has 3 rings (SSSR count). The molecule has 0 saturated carbocycles. The molecule has 0 bridgehead atoms. The van der Waals surface area contributed by atoms with Crippen molar-refractivity contribution in [3.05, 3.63) is 64.6 Å². The van der Waals surface area contributed by atoms with Gasteiger partial charge in [-0.15, -0.1) is 0 Å². The number of nitrogens with zero attached hydrogens (tertiary/aromatic N) is 2. The highest BCUT2D eigenvalue weighted by molar-refractivity contribution is 9.10. The molecule has 0 aliphatic heterocycles. The van der Waals surface area contributed by atoms with Gasteiger partial charge in [0.05, 0.1) is 52.3 Å². The third-order valence-electron chi connectivity index (χ3n) is 5.47. The Balaban J connectivity index is 2.01. The van der Waals surface area contributed by atoms with Gasteiger partial charge in [-0.3, -0.25) is 9.10 Å². The molecule has 1 amide bonds. The summed E-state index contributed by atoms with van der Waals surface area (Å²) >= 11 is 3.38. The molecule has 208 valence electrons. The van der Waals surface area contributed by atoms with Gasteiger partial charge >= 0.3 is 0 Å². The van der Waals surface area contributed by atoms with E-state index in [1.807, 2.05) is 0 Å². The molecule has 0 atom stereocenters. The minimum absolute atomic E-state index is 0.0828. The second-order valence-corrected chi connectivity index (χ2v) is 10.5. The van der Waals surface area contributed by atoms with Gasteiger partial charge in [-0.05, 0) is 42.5 Å². The summed E-state index contributed by atoms with van der Waals surface area (Å²) in [6.45, 7) is -0.632. The Labute approximate surface area is 235 Å². The Kier molecular flexibility index (Phi) is 10.0. The number of hydrogen-bond donors (Lipinski definition) is 1. The van der Waals surface area contributed by atoms with Gasteiger partial charge in [0, 0.05) is 22.2 Å². The molecule has 0 aliphatic rings. The molecule has 0 unspecified atom stereocenters. The van der Waals surface area contributed by atoms with Crippen molar-refractivity contribution in [3.8, 4) is 28.7 Å². The highest BCUT2D eigenvalue weighted by Crippen LogP contribution is 2.37. The minimum atomic E-state index is -4.33. The van der Waals surface area contributed by atoms with Crippen molar-refractivity contribution < 1.29 is 36.9 Å². The van der Waals surface area contributed by atoms with Gasteiger partial charge in [-0.2, -0.15) is 5.10 Å². The largest absolute Gasteiger partial charge is 0.497 e. The third kappa shape index (κ3) is 6.92. The molecule has 0 heterocycles. The third-order valence-corrected chi connectivity index (χ3v) is 7.72. The van der Waals surface area contributed by atoms with Gasteiger partial charge in [-0.1, -0.05) is 15.9 Å². The first-order chi connectivity index (χ1) is 18.7. The molecule has 13 heteroatoms. The van der Waals surface area contributed by atoms with Crippen LogP contribution in [-0.2, 0) is 14.8 Å². The molecule has 3 aromatic rings. The smallest absolute Gasteiger partial charge is 0.265 e. The van der Waals surface area contributed by atoms with Crippen molar-refractivity contribution in [1.82, 2.24) is 5.43 Å². The fraction of sp³-hybridized carbons (Fsp3) is 0.231. The highest BCUT2D eigenvalue weighted by Gasteiger charge is 2.31. The van der Waals surface area contributed by atoms with Crippen molar-refractivity contribution >= 4 is 43.8 Å². The first-order valence-electron chi connectivity index (χ1n) is 11.3. The zero-order valence-electron chi connectivity index (χ0n) is 21.9. The fourth-order valence-corrected chi connectivity index (χ4v) is 5.36. The number of carbonyl (C=O) groups is 1. The van der Waals surface area contributed by atoms with E-state index in [9.17, 15) is 13.2 Å². The number of benzene rings is 3.